The zero-order valence-electron chi connectivity index (χ0n) is 11.1. The van der Waals surface area contributed by atoms with Crippen molar-refractivity contribution in [3.63, 3.8) is 0 Å². The topological polar surface area (TPSA) is 58.6 Å². The molecule has 0 unspecified atom stereocenters. The fourth-order valence-corrected chi connectivity index (χ4v) is 1.85. The predicted octanol–water partition coefficient (Wildman–Crippen LogP) is 3.10. The number of anilines is 1. The summed E-state index contributed by atoms with van der Waals surface area (Å²) in [7, 11) is 1.57. The second kappa shape index (κ2) is 5.61. The van der Waals surface area contributed by atoms with Crippen LogP contribution >= 0.6 is 0 Å². The third-order valence-corrected chi connectivity index (χ3v) is 2.86. The van der Waals surface area contributed by atoms with Crippen LogP contribution in [0.1, 0.15) is 15.9 Å². The summed E-state index contributed by atoms with van der Waals surface area (Å²) in [6.45, 7) is 1.85. The number of ether oxygens (including phenoxy) is 1. The lowest BCUT2D eigenvalue weighted by Gasteiger charge is -2.09. The summed E-state index contributed by atoms with van der Waals surface area (Å²) in [5.41, 5.74) is 1.45. The van der Waals surface area contributed by atoms with Gasteiger partial charge in [0, 0.05) is 11.8 Å². The van der Waals surface area contributed by atoms with Gasteiger partial charge in [0.05, 0.1) is 12.7 Å². The highest BCUT2D eigenvalue weighted by molar-refractivity contribution is 6.06. The van der Waals surface area contributed by atoms with E-state index in [9.17, 15) is 14.3 Å². The lowest BCUT2D eigenvalue weighted by atomic mass is 10.1. The smallest absolute Gasteiger partial charge is 0.259 e. The van der Waals surface area contributed by atoms with Crippen LogP contribution in [0.25, 0.3) is 0 Å². The molecular formula is C15H14FNO3. The summed E-state index contributed by atoms with van der Waals surface area (Å²) in [4.78, 5) is 12.0. The maximum atomic E-state index is 12.9. The Hall–Kier alpha value is -2.56. The molecule has 0 spiro atoms. The molecule has 0 aliphatic carbocycles. The van der Waals surface area contributed by atoms with E-state index >= 15 is 0 Å². The van der Waals surface area contributed by atoms with Crippen molar-refractivity contribution in [3.05, 3.63) is 53.3 Å². The van der Waals surface area contributed by atoms with Gasteiger partial charge in [0.25, 0.3) is 5.91 Å². The SMILES string of the molecule is COc1ccc(NC(=O)c2ccc(F)cc2O)cc1C. The first kappa shape index (κ1) is 13.9. The first-order valence-electron chi connectivity index (χ1n) is 5.96. The van der Waals surface area contributed by atoms with Crippen LogP contribution in [0, 0.1) is 12.7 Å². The van der Waals surface area contributed by atoms with Crippen LogP contribution in [0.15, 0.2) is 36.4 Å². The molecule has 0 aliphatic heterocycles. The van der Waals surface area contributed by atoms with Crippen LogP contribution in [0.4, 0.5) is 10.1 Å². The number of carbonyl (C=O) groups excluding carboxylic acids is 1. The minimum atomic E-state index is -0.598. The maximum Gasteiger partial charge on any atom is 0.259 e. The molecule has 0 saturated heterocycles. The van der Waals surface area contributed by atoms with E-state index in [-0.39, 0.29) is 5.56 Å². The molecule has 0 aliphatic rings. The van der Waals surface area contributed by atoms with E-state index in [1.165, 1.54) is 6.07 Å². The van der Waals surface area contributed by atoms with E-state index in [0.717, 1.165) is 17.7 Å². The highest BCUT2D eigenvalue weighted by Gasteiger charge is 2.12. The number of benzene rings is 2. The Kier molecular flexibility index (Phi) is 3.89. The van der Waals surface area contributed by atoms with Gasteiger partial charge in [-0.15, -0.1) is 0 Å². The molecule has 2 aromatic rings. The number of nitrogens with one attached hydrogen (secondary N) is 1. The van der Waals surface area contributed by atoms with Crippen LogP contribution in [-0.4, -0.2) is 18.1 Å². The van der Waals surface area contributed by atoms with Crippen LogP contribution < -0.4 is 10.1 Å². The number of hydrogen-bond donors (Lipinski definition) is 2. The van der Waals surface area contributed by atoms with Crippen molar-refractivity contribution in [1.82, 2.24) is 0 Å². The second-order valence-corrected chi connectivity index (χ2v) is 4.30. The summed E-state index contributed by atoms with van der Waals surface area (Å²) >= 11 is 0. The normalized spacial score (nSPS) is 10.2. The van der Waals surface area contributed by atoms with Gasteiger partial charge in [-0.05, 0) is 42.8 Å². The summed E-state index contributed by atoms with van der Waals surface area (Å²) in [6, 6.07) is 8.41. The second-order valence-electron chi connectivity index (χ2n) is 4.30. The molecule has 0 fully saturated rings. The van der Waals surface area contributed by atoms with Crippen molar-refractivity contribution in [2.45, 2.75) is 6.92 Å². The van der Waals surface area contributed by atoms with E-state index in [1.807, 2.05) is 6.92 Å². The zero-order valence-corrected chi connectivity index (χ0v) is 11.1. The molecule has 0 saturated carbocycles. The van der Waals surface area contributed by atoms with Crippen LogP contribution in [0.2, 0.25) is 0 Å². The molecular weight excluding hydrogens is 261 g/mol. The van der Waals surface area contributed by atoms with Crippen molar-refractivity contribution in [1.29, 1.82) is 0 Å². The number of phenols is 1. The van der Waals surface area contributed by atoms with Crippen LogP contribution in [-0.2, 0) is 0 Å². The Bertz CT molecular complexity index is 656. The maximum absolute atomic E-state index is 12.9. The van der Waals surface area contributed by atoms with Gasteiger partial charge in [0.15, 0.2) is 0 Å². The average molecular weight is 275 g/mol. The van der Waals surface area contributed by atoms with Gasteiger partial charge >= 0.3 is 0 Å². The Labute approximate surface area is 115 Å². The average Bonchev–Trinajstić information content (AvgIpc) is 2.38. The largest absolute Gasteiger partial charge is 0.507 e. The minimum absolute atomic E-state index is 0.0138. The molecule has 20 heavy (non-hydrogen) atoms. The molecule has 0 atom stereocenters. The molecule has 0 aromatic heterocycles. The highest BCUT2D eigenvalue weighted by Crippen LogP contribution is 2.23. The number of methoxy groups -OCH3 is 1. The summed E-state index contributed by atoms with van der Waals surface area (Å²) in [5, 5.41) is 12.2. The van der Waals surface area contributed by atoms with Crippen LogP contribution in [0.3, 0.4) is 0 Å². The highest BCUT2D eigenvalue weighted by atomic mass is 19.1. The molecule has 2 rings (SSSR count). The van der Waals surface area contributed by atoms with Crippen LogP contribution in [0.5, 0.6) is 11.5 Å². The Morgan fingerprint density at radius 3 is 2.60 bits per heavy atom. The molecule has 1 amide bonds. The van der Waals surface area contributed by atoms with E-state index in [2.05, 4.69) is 5.32 Å². The van der Waals surface area contributed by atoms with Gasteiger partial charge < -0.3 is 15.2 Å². The molecule has 5 heteroatoms. The first-order chi connectivity index (χ1) is 9.51. The number of phenolic OH excluding ortho intramolecular Hbond substituents is 1. The number of aryl methyl sites for hydroxylation is 1. The predicted molar refractivity (Wildman–Crippen MR) is 73.7 cm³/mol. The zero-order chi connectivity index (χ0) is 14.7. The quantitative estimate of drug-likeness (QED) is 0.905. The fourth-order valence-electron chi connectivity index (χ4n) is 1.85. The van der Waals surface area contributed by atoms with Gasteiger partial charge in [-0.3, -0.25) is 4.79 Å². The monoisotopic (exact) mass is 275 g/mol. The number of carbonyl (C=O) groups is 1. The number of halogens is 1. The van der Waals surface area contributed by atoms with Crippen molar-refractivity contribution >= 4 is 11.6 Å². The number of hydrogen-bond acceptors (Lipinski definition) is 3. The molecule has 2 aromatic carbocycles. The number of amides is 1. The Morgan fingerprint density at radius 1 is 1.25 bits per heavy atom. The summed E-state index contributed by atoms with van der Waals surface area (Å²) in [6.07, 6.45) is 0. The van der Waals surface area contributed by atoms with E-state index in [1.54, 1.807) is 25.3 Å². The Morgan fingerprint density at radius 2 is 2.00 bits per heavy atom. The third-order valence-electron chi connectivity index (χ3n) is 2.86. The lowest BCUT2D eigenvalue weighted by Crippen LogP contribution is -2.12. The molecule has 2 N–H and O–H groups in total. The number of rotatable bonds is 3. The molecule has 4 nitrogen and oxygen atoms in total. The summed E-state index contributed by atoms with van der Waals surface area (Å²) in [5.74, 6) is -0.785. The van der Waals surface area contributed by atoms with Crippen molar-refractivity contribution in [2.75, 3.05) is 12.4 Å². The van der Waals surface area contributed by atoms with Gasteiger partial charge in [-0.25, -0.2) is 4.39 Å². The molecule has 104 valence electrons. The fraction of sp³-hybridized carbons (Fsp3) is 0.133. The van der Waals surface area contributed by atoms with Crippen molar-refractivity contribution in [2.24, 2.45) is 0 Å². The van der Waals surface area contributed by atoms with Gasteiger partial charge in [0.2, 0.25) is 0 Å². The molecule has 0 bridgehead atoms. The van der Waals surface area contributed by atoms with E-state index in [4.69, 9.17) is 4.74 Å². The van der Waals surface area contributed by atoms with Gasteiger partial charge in [-0.2, -0.15) is 0 Å². The van der Waals surface area contributed by atoms with Crippen molar-refractivity contribution < 1.29 is 19.0 Å². The summed E-state index contributed by atoms with van der Waals surface area (Å²) < 4.78 is 18.0. The minimum Gasteiger partial charge on any atom is -0.507 e. The number of aromatic hydroxyl groups is 1. The first-order valence-corrected chi connectivity index (χ1v) is 5.96. The molecule has 0 heterocycles. The van der Waals surface area contributed by atoms with Crippen molar-refractivity contribution in [3.8, 4) is 11.5 Å². The van der Waals surface area contributed by atoms with E-state index < -0.39 is 17.5 Å². The Balaban J connectivity index is 2.21. The van der Waals surface area contributed by atoms with Gasteiger partial charge in [0.1, 0.15) is 17.3 Å². The standard InChI is InChI=1S/C15H14FNO3/c1-9-7-11(4-6-14(9)20-2)17-15(19)12-5-3-10(16)8-13(12)18/h3-8,18H,1-2H3,(H,17,19). The lowest BCUT2D eigenvalue weighted by molar-refractivity contribution is 0.102. The van der Waals surface area contributed by atoms with E-state index in [0.29, 0.717) is 11.4 Å². The third kappa shape index (κ3) is 2.88. The van der Waals surface area contributed by atoms with Gasteiger partial charge in [-0.1, -0.05) is 0 Å². The molecule has 0 radical (unpaired) electrons.